The van der Waals surface area contributed by atoms with Gasteiger partial charge in [0, 0.05) is 16.1 Å². The van der Waals surface area contributed by atoms with E-state index in [0.29, 0.717) is 23.0 Å². The van der Waals surface area contributed by atoms with Crippen molar-refractivity contribution < 1.29 is 14.3 Å². The summed E-state index contributed by atoms with van der Waals surface area (Å²) in [5.41, 5.74) is 0.554. The summed E-state index contributed by atoms with van der Waals surface area (Å²) in [6.07, 6.45) is 11.1. The van der Waals surface area contributed by atoms with Gasteiger partial charge >= 0.3 is 0 Å². The lowest BCUT2D eigenvalue weighted by atomic mass is 9.86. The minimum Gasteiger partial charge on any atom is -0.493 e. The molecule has 2 atom stereocenters. The van der Waals surface area contributed by atoms with Gasteiger partial charge in [0.15, 0.2) is 11.5 Å². The van der Waals surface area contributed by atoms with Crippen molar-refractivity contribution in [3.05, 3.63) is 27.7 Å². The second-order valence-corrected chi connectivity index (χ2v) is 7.45. The van der Waals surface area contributed by atoms with Crippen LogP contribution in [0.2, 0.25) is 0 Å². The zero-order valence-electron chi connectivity index (χ0n) is 15.5. The number of carbonyl (C=O) groups is 1. The Bertz CT molecular complexity index is 805. The van der Waals surface area contributed by atoms with Gasteiger partial charge in [0.2, 0.25) is 0 Å². The third-order valence-electron chi connectivity index (χ3n) is 4.66. The zero-order valence-corrected chi connectivity index (χ0v) is 17.1. The number of nitrogens with one attached hydrogen (secondary N) is 1. The van der Waals surface area contributed by atoms with E-state index >= 15 is 0 Å². The number of hydrogen-bond donors (Lipinski definition) is 1. The smallest absolute Gasteiger partial charge is 0.262 e. The molecule has 1 N–H and O–H groups in total. The largest absolute Gasteiger partial charge is 0.493 e. The van der Waals surface area contributed by atoms with Crippen molar-refractivity contribution in [1.29, 1.82) is 5.26 Å². The Balaban J connectivity index is 2.33. The lowest BCUT2D eigenvalue weighted by Gasteiger charge is -2.29. The first kappa shape index (κ1) is 20.9. The summed E-state index contributed by atoms with van der Waals surface area (Å²) < 4.78 is 11.7. The molecule has 1 aromatic rings. The highest BCUT2D eigenvalue weighted by Crippen LogP contribution is 2.36. The third kappa shape index (κ3) is 5.52. The molecule has 0 radical (unpaired) electrons. The maximum absolute atomic E-state index is 12.6. The fourth-order valence-electron chi connectivity index (χ4n) is 3.20. The minimum absolute atomic E-state index is 0.0125. The molecule has 142 valence electrons. The van der Waals surface area contributed by atoms with Crippen LogP contribution in [-0.4, -0.2) is 25.7 Å². The molecule has 0 heterocycles. The number of benzene rings is 1. The van der Waals surface area contributed by atoms with Gasteiger partial charge in [0.05, 0.1) is 7.11 Å². The molecule has 0 spiro atoms. The number of hydrogen-bond acceptors (Lipinski definition) is 4. The molecule has 0 bridgehead atoms. The van der Waals surface area contributed by atoms with E-state index in [-0.39, 0.29) is 24.1 Å². The quantitative estimate of drug-likeness (QED) is 0.419. The van der Waals surface area contributed by atoms with Crippen molar-refractivity contribution >= 4 is 27.9 Å². The molecule has 5 nitrogen and oxygen atoms in total. The van der Waals surface area contributed by atoms with Gasteiger partial charge < -0.3 is 14.8 Å². The first-order valence-corrected chi connectivity index (χ1v) is 9.66. The van der Waals surface area contributed by atoms with E-state index in [1.54, 1.807) is 12.1 Å². The first-order chi connectivity index (χ1) is 13.0. The average Bonchev–Trinajstić information content (AvgIpc) is 2.66. The second-order valence-electron chi connectivity index (χ2n) is 6.53. The topological polar surface area (TPSA) is 71.3 Å². The SMILES string of the molecule is C#CCOc1c(/C=C(\C#N)C(=O)N[C@@H]2CCCC[C@H]2C)cc(Br)cc1OC. The van der Waals surface area contributed by atoms with Gasteiger partial charge in [-0.3, -0.25) is 4.79 Å². The van der Waals surface area contributed by atoms with Gasteiger partial charge in [-0.25, -0.2) is 0 Å². The summed E-state index contributed by atoms with van der Waals surface area (Å²) in [6.45, 7) is 2.18. The van der Waals surface area contributed by atoms with Crippen LogP contribution in [0.3, 0.4) is 0 Å². The van der Waals surface area contributed by atoms with Crippen LogP contribution in [0.1, 0.15) is 38.2 Å². The number of methoxy groups -OCH3 is 1. The van der Waals surface area contributed by atoms with E-state index in [1.165, 1.54) is 19.6 Å². The van der Waals surface area contributed by atoms with Crippen LogP contribution < -0.4 is 14.8 Å². The highest BCUT2D eigenvalue weighted by Gasteiger charge is 2.24. The summed E-state index contributed by atoms with van der Waals surface area (Å²) >= 11 is 3.40. The summed E-state index contributed by atoms with van der Waals surface area (Å²) in [7, 11) is 1.51. The number of carbonyl (C=O) groups excluding carboxylic acids is 1. The predicted molar refractivity (Wildman–Crippen MR) is 108 cm³/mol. The summed E-state index contributed by atoms with van der Waals surface area (Å²) in [5, 5.41) is 12.5. The molecule has 1 fully saturated rings. The maximum Gasteiger partial charge on any atom is 0.262 e. The Hall–Kier alpha value is -2.44. The number of terminal acetylenes is 1. The van der Waals surface area contributed by atoms with E-state index in [0.717, 1.165) is 23.7 Å². The van der Waals surface area contributed by atoms with E-state index in [1.807, 2.05) is 6.07 Å². The second kappa shape index (κ2) is 10.0. The van der Waals surface area contributed by atoms with E-state index < -0.39 is 0 Å². The average molecular weight is 431 g/mol. The zero-order chi connectivity index (χ0) is 19.8. The summed E-state index contributed by atoms with van der Waals surface area (Å²) in [4.78, 5) is 12.6. The molecule has 1 saturated carbocycles. The predicted octanol–water partition coefficient (Wildman–Crippen LogP) is 4.07. The standard InChI is InChI=1S/C21H23BrN2O3/c1-4-9-27-20-15(11-17(22)12-19(20)26-3)10-16(13-23)21(25)24-18-8-6-5-7-14(18)2/h1,10-12,14,18H,5-9H2,2-3H3,(H,24,25)/b16-10+/t14-,18-/m1/s1. The Kier molecular flexibility index (Phi) is 7.76. The Morgan fingerprint density at radius 2 is 2.19 bits per heavy atom. The van der Waals surface area contributed by atoms with Crippen molar-refractivity contribution in [2.45, 2.75) is 38.6 Å². The number of ether oxygens (including phenoxy) is 2. The summed E-state index contributed by atoms with van der Waals surface area (Å²) in [6, 6.07) is 5.57. The molecule has 2 rings (SSSR count). The molecule has 0 unspecified atom stereocenters. The Labute approximate surface area is 168 Å². The molecule has 0 aromatic heterocycles. The highest BCUT2D eigenvalue weighted by molar-refractivity contribution is 9.10. The van der Waals surface area contributed by atoms with Crippen molar-refractivity contribution in [2.75, 3.05) is 13.7 Å². The van der Waals surface area contributed by atoms with Crippen molar-refractivity contribution in [1.82, 2.24) is 5.32 Å². The fourth-order valence-corrected chi connectivity index (χ4v) is 3.65. The van der Waals surface area contributed by atoms with Crippen LogP contribution >= 0.6 is 15.9 Å². The van der Waals surface area contributed by atoms with E-state index in [4.69, 9.17) is 15.9 Å². The van der Waals surface area contributed by atoms with Gasteiger partial charge in [-0.1, -0.05) is 41.6 Å². The van der Waals surface area contributed by atoms with Crippen LogP contribution in [0.5, 0.6) is 11.5 Å². The molecule has 0 saturated heterocycles. The molecule has 6 heteroatoms. The van der Waals surface area contributed by atoms with Crippen molar-refractivity contribution in [3.8, 4) is 29.9 Å². The normalized spacial score (nSPS) is 19.5. The van der Waals surface area contributed by atoms with Crippen LogP contribution in [-0.2, 0) is 4.79 Å². The lowest BCUT2D eigenvalue weighted by molar-refractivity contribution is -0.118. The van der Waals surface area contributed by atoms with Crippen LogP contribution in [0.15, 0.2) is 22.2 Å². The number of nitriles is 1. The number of amides is 1. The number of rotatable bonds is 6. The molecular formula is C21H23BrN2O3. The monoisotopic (exact) mass is 430 g/mol. The fraction of sp³-hybridized carbons (Fsp3) is 0.429. The number of halogens is 1. The van der Waals surface area contributed by atoms with E-state index in [2.05, 4.69) is 34.1 Å². The first-order valence-electron chi connectivity index (χ1n) is 8.86. The molecule has 27 heavy (non-hydrogen) atoms. The molecular weight excluding hydrogens is 408 g/mol. The number of nitrogens with zero attached hydrogens (tertiary/aromatic N) is 1. The van der Waals surface area contributed by atoms with Crippen LogP contribution in [0.25, 0.3) is 6.08 Å². The van der Waals surface area contributed by atoms with Crippen LogP contribution in [0.4, 0.5) is 0 Å². The molecule has 1 aromatic carbocycles. The Morgan fingerprint density at radius 1 is 1.44 bits per heavy atom. The Morgan fingerprint density at radius 3 is 2.81 bits per heavy atom. The van der Waals surface area contributed by atoms with Gasteiger partial charge in [-0.05, 0) is 37.0 Å². The van der Waals surface area contributed by atoms with E-state index in [9.17, 15) is 10.1 Å². The molecule has 0 aliphatic heterocycles. The van der Waals surface area contributed by atoms with Gasteiger partial charge in [0.25, 0.3) is 5.91 Å². The van der Waals surface area contributed by atoms with Crippen molar-refractivity contribution in [3.63, 3.8) is 0 Å². The molecule has 1 aliphatic carbocycles. The molecule has 1 amide bonds. The third-order valence-corrected chi connectivity index (χ3v) is 5.12. The van der Waals surface area contributed by atoms with Gasteiger partial charge in [-0.2, -0.15) is 5.26 Å². The molecule has 1 aliphatic rings. The maximum atomic E-state index is 12.6. The minimum atomic E-state index is -0.377. The van der Waals surface area contributed by atoms with Crippen LogP contribution in [0, 0.1) is 29.6 Å². The highest BCUT2D eigenvalue weighted by atomic mass is 79.9. The van der Waals surface area contributed by atoms with Gasteiger partial charge in [-0.15, -0.1) is 6.42 Å². The summed E-state index contributed by atoms with van der Waals surface area (Å²) in [5.74, 6) is 3.29. The lowest BCUT2D eigenvalue weighted by Crippen LogP contribution is -2.41. The van der Waals surface area contributed by atoms with Crippen molar-refractivity contribution in [2.24, 2.45) is 5.92 Å². The van der Waals surface area contributed by atoms with Gasteiger partial charge in [0.1, 0.15) is 18.2 Å².